The van der Waals surface area contributed by atoms with Crippen LogP contribution >= 0.6 is 0 Å². The maximum Gasteiger partial charge on any atom is 0.224 e. The molecule has 2 aromatic rings. The zero-order valence-corrected chi connectivity index (χ0v) is 9.81. The fourth-order valence-electron chi connectivity index (χ4n) is 1.53. The summed E-state index contributed by atoms with van der Waals surface area (Å²) in [6.45, 7) is 0. The third-order valence-electron chi connectivity index (χ3n) is 2.39. The lowest BCUT2D eigenvalue weighted by Crippen LogP contribution is -1.99. The Morgan fingerprint density at radius 3 is 2.78 bits per heavy atom. The molecule has 0 unspecified atom stereocenters. The number of hydrogen-bond acceptors (Lipinski definition) is 4. The van der Waals surface area contributed by atoms with Crippen molar-refractivity contribution in [3.63, 3.8) is 0 Å². The molecular formula is C14H10N4. The number of anilines is 1. The molecule has 0 bridgehead atoms. The van der Waals surface area contributed by atoms with E-state index in [1.807, 2.05) is 12.1 Å². The third-order valence-corrected chi connectivity index (χ3v) is 2.39. The van der Waals surface area contributed by atoms with Crippen LogP contribution in [-0.2, 0) is 0 Å². The summed E-state index contributed by atoms with van der Waals surface area (Å²) in [7, 11) is 1.73. The van der Waals surface area contributed by atoms with Crippen molar-refractivity contribution in [2.45, 2.75) is 0 Å². The molecule has 86 valence electrons. The van der Waals surface area contributed by atoms with Crippen molar-refractivity contribution in [3.8, 4) is 29.7 Å². The Morgan fingerprint density at radius 1 is 1.28 bits per heavy atom. The molecule has 0 radical (unpaired) electrons. The van der Waals surface area contributed by atoms with Gasteiger partial charge in [-0.1, -0.05) is 18.1 Å². The molecule has 1 aromatic carbocycles. The van der Waals surface area contributed by atoms with E-state index in [4.69, 9.17) is 11.7 Å². The van der Waals surface area contributed by atoms with Crippen LogP contribution in [0.25, 0.3) is 11.3 Å². The van der Waals surface area contributed by atoms with Crippen molar-refractivity contribution >= 4 is 5.95 Å². The highest BCUT2D eigenvalue weighted by Gasteiger charge is 2.05. The van der Waals surface area contributed by atoms with Gasteiger partial charge in [0.1, 0.15) is 5.69 Å². The van der Waals surface area contributed by atoms with E-state index in [0.717, 1.165) is 5.56 Å². The Bertz CT molecular complexity index is 662. The van der Waals surface area contributed by atoms with Gasteiger partial charge in [-0.2, -0.15) is 5.26 Å². The molecule has 2 rings (SSSR count). The lowest BCUT2D eigenvalue weighted by Gasteiger charge is -2.05. The van der Waals surface area contributed by atoms with E-state index >= 15 is 0 Å². The second-order valence-electron chi connectivity index (χ2n) is 3.55. The molecule has 0 amide bonds. The quantitative estimate of drug-likeness (QED) is 0.808. The number of benzene rings is 1. The highest BCUT2D eigenvalue weighted by Crippen LogP contribution is 2.20. The second-order valence-corrected chi connectivity index (χ2v) is 3.55. The van der Waals surface area contributed by atoms with E-state index in [1.54, 1.807) is 25.2 Å². The molecule has 0 atom stereocenters. The monoisotopic (exact) mass is 234 g/mol. The molecule has 4 heteroatoms. The van der Waals surface area contributed by atoms with Crippen molar-refractivity contribution in [2.24, 2.45) is 0 Å². The zero-order valence-electron chi connectivity index (χ0n) is 9.81. The maximum absolute atomic E-state index is 8.88. The summed E-state index contributed by atoms with van der Waals surface area (Å²) >= 11 is 0. The van der Waals surface area contributed by atoms with Gasteiger partial charge in [0, 0.05) is 12.6 Å². The van der Waals surface area contributed by atoms with Crippen LogP contribution < -0.4 is 5.32 Å². The maximum atomic E-state index is 8.88. The SMILES string of the molecule is C#Cc1cc(-c2cccc(C#N)c2)nc(NC)n1. The van der Waals surface area contributed by atoms with Gasteiger partial charge in [-0.15, -0.1) is 6.42 Å². The van der Waals surface area contributed by atoms with Crippen LogP contribution in [-0.4, -0.2) is 17.0 Å². The number of nitrogens with zero attached hydrogens (tertiary/aromatic N) is 3. The van der Waals surface area contributed by atoms with Crippen molar-refractivity contribution in [2.75, 3.05) is 12.4 Å². The first kappa shape index (κ1) is 11.6. The number of aromatic nitrogens is 2. The zero-order chi connectivity index (χ0) is 13.0. The Hall–Kier alpha value is -2.85. The predicted molar refractivity (Wildman–Crippen MR) is 69.7 cm³/mol. The highest BCUT2D eigenvalue weighted by molar-refractivity contribution is 5.63. The van der Waals surface area contributed by atoms with Gasteiger partial charge in [-0.25, -0.2) is 9.97 Å². The van der Waals surface area contributed by atoms with Crippen LogP contribution in [0.15, 0.2) is 30.3 Å². The Kier molecular flexibility index (Phi) is 3.22. The van der Waals surface area contributed by atoms with Gasteiger partial charge in [-0.05, 0) is 18.2 Å². The molecular weight excluding hydrogens is 224 g/mol. The van der Waals surface area contributed by atoms with E-state index in [-0.39, 0.29) is 0 Å². The minimum Gasteiger partial charge on any atom is -0.357 e. The predicted octanol–water partition coefficient (Wildman–Crippen LogP) is 2.04. The third kappa shape index (κ3) is 2.28. The summed E-state index contributed by atoms with van der Waals surface area (Å²) in [5, 5.41) is 11.7. The molecule has 0 aliphatic rings. The average molecular weight is 234 g/mol. The van der Waals surface area contributed by atoms with Crippen LogP contribution in [0, 0.1) is 23.7 Å². The minimum atomic E-state index is 0.461. The number of rotatable bonds is 2. The standard InChI is InChI=1S/C14H10N4/c1-3-12-8-13(18-14(16-2)17-12)11-6-4-5-10(7-11)9-15/h1,4-8H,2H3,(H,16,17,18). The lowest BCUT2D eigenvalue weighted by molar-refractivity contribution is 1.14. The van der Waals surface area contributed by atoms with Gasteiger partial charge in [-0.3, -0.25) is 0 Å². The van der Waals surface area contributed by atoms with Crippen molar-refractivity contribution < 1.29 is 0 Å². The summed E-state index contributed by atoms with van der Waals surface area (Å²) in [4.78, 5) is 8.43. The number of nitrogens with one attached hydrogen (secondary N) is 1. The number of hydrogen-bond donors (Lipinski definition) is 1. The van der Waals surface area contributed by atoms with Crippen LogP contribution in [0.2, 0.25) is 0 Å². The first-order chi connectivity index (χ1) is 8.76. The molecule has 1 N–H and O–H groups in total. The van der Waals surface area contributed by atoms with Gasteiger partial charge < -0.3 is 5.32 Å². The molecule has 4 nitrogen and oxygen atoms in total. The summed E-state index contributed by atoms with van der Waals surface area (Å²) in [5.74, 6) is 2.95. The topological polar surface area (TPSA) is 61.6 Å². The van der Waals surface area contributed by atoms with Gasteiger partial charge in [0.25, 0.3) is 0 Å². The van der Waals surface area contributed by atoms with Crippen LogP contribution in [0.5, 0.6) is 0 Å². The van der Waals surface area contributed by atoms with Gasteiger partial charge in [0.2, 0.25) is 5.95 Å². The second kappa shape index (κ2) is 4.99. The Labute approximate surface area is 105 Å². The molecule has 0 spiro atoms. The molecule has 0 fully saturated rings. The average Bonchev–Trinajstić information content (AvgIpc) is 2.46. The normalized spacial score (nSPS) is 9.28. The molecule has 0 aliphatic carbocycles. The lowest BCUT2D eigenvalue weighted by atomic mass is 10.1. The first-order valence-corrected chi connectivity index (χ1v) is 5.31. The Morgan fingerprint density at radius 2 is 2.11 bits per heavy atom. The number of nitriles is 1. The number of terminal acetylenes is 1. The van der Waals surface area contributed by atoms with Gasteiger partial charge in [0.15, 0.2) is 0 Å². The fraction of sp³-hybridized carbons (Fsp3) is 0.0714. The molecule has 0 saturated carbocycles. The molecule has 1 aromatic heterocycles. The van der Waals surface area contributed by atoms with E-state index in [0.29, 0.717) is 22.9 Å². The molecule has 1 heterocycles. The summed E-state index contributed by atoms with van der Waals surface area (Å²) in [5.41, 5.74) is 2.62. The molecule has 0 aliphatic heterocycles. The van der Waals surface area contributed by atoms with Gasteiger partial charge in [0.05, 0.1) is 17.3 Å². The summed E-state index contributed by atoms with van der Waals surface area (Å²) < 4.78 is 0. The summed E-state index contributed by atoms with van der Waals surface area (Å²) in [6, 6.07) is 11.0. The van der Waals surface area contributed by atoms with Crippen molar-refractivity contribution in [3.05, 3.63) is 41.6 Å². The van der Waals surface area contributed by atoms with Crippen molar-refractivity contribution in [1.82, 2.24) is 9.97 Å². The van der Waals surface area contributed by atoms with E-state index in [1.165, 1.54) is 0 Å². The fourth-order valence-corrected chi connectivity index (χ4v) is 1.53. The van der Waals surface area contributed by atoms with Gasteiger partial charge >= 0.3 is 0 Å². The van der Waals surface area contributed by atoms with Crippen LogP contribution in [0.4, 0.5) is 5.95 Å². The van der Waals surface area contributed by atoms with Crippen molar-refractivity contribution in [1.29, 1.82) is 5.26 Å². The van der Waals surface area contributed by atoms with Crippen LogP contribution in [0.3, 0.4) is 0 Å². The van der Waals surface area contributed by atoms with E-state index in [2.05, 4.69) is 27.3 Å². The van der Waals surface area contributed by atoms with E-state index in [9.17, 15) is 0 Å². The smallest absolute Gasteiger partial charge is 0.224 e. The first-order valence-electron chi connectivity index (χ1n) is 5.31. The highest BCUT2D eigenvalue weighted by atomic mass is 15.1. The van der Waals surface area contributed by atoms with Crippen LogP contribution in [0.1, 0.15) is 11.3 Å². The Balaban J connectivity index is 2.56. The summed E-state index contributed by atoms with van der Waals surface area (Å²) in [6.07, 6.45) is 5.36. The molecule has 0 saturated heterocycles. The minimum absolute atomic E-state index is 0.461. The molecule has 18 heavy (non-hydrogen) atoms. The largest absolute Gasteiger partial charge is 0.357 e. The van der Waals surface area contributed by atoms with E-state index < -0.39 is 0 Å².